The number of nitrogens with zero attached hydrogens (tertiary/aromatic N) is 1. The molecular formula is C16H23ClN2O. The Labute approximate surface area is 126 Å². The van der Waals surface area contributed by atoms with E-state index in [-0.39, 0.29) is 18.0 Å². The van der Waals surface area contributed by atoms with Crippen molar-refractivity contribution in [1.29, 1.82) is 0 Å². The molecule has 1 aromatic carbocycles. The predicted octanol–water partition coefficient (Wildman–Crippen LogP) is 3.52. The van der Waals surface area contributed by atoms with Gasteiger partial charge in [0.2, 0.25) is 5.91 Å². The van der Waals surface area contributed by atoms with E-state index in [1.54, 1.807) is 0 Å². The Morgan fingerprint density at radius 3 is 2.95 bits per heavy atom. The molecule has 0 aliphatic carbocycles. The molecule has 2 rings (SSSR count). The molecule has 0 bridgehead atoms. The lowest BCUT2D eigenvalue weighted by atomic mass is 10.0. The fourth-order valence-corrected chi connectivity index (χ4v) is 3.12. The maximum Gasteiger partial charge on any atom is 0.239 e. The molecule has 2 unspecified atom stereocenters. The van der Waals surface area contributed by atoms with E-state index in [4.69, 9.17) is 17.3 Å². The van der Waals surface area contributed by atoms with Gasteiger partial charge in [0, 0.05) is 11.6 Å². The molecule has 110 valence electrons. The number of carbonyl (C=O) groups is 1. The van der Waals surface area contributed by atoms with Crippen LogP contribution in [0.5, 0.6) is 0 Å². The van der Waals surface area contributed by atoms with Crippen molar-refractivity contribution in [3.8, 4) is 0 Å². The van der Waals surface area contributed by atoms with Gasteiger partial charge in [0.05, 0.1) is 12.1 Å². The molecule has 1 saturated heterocycles. The van der Waals surface area contributed by atoms with Crippen LogP contribution in [0.15, 0.2) is 24.3 Å². The maximum absolute atomic E-state index is 12.5. The van der Waals surface area contributed by atoms with Gasteiger partial charge in [0.15, 0.2) is 0 Å². The number of halogens is 1. The van der Waals surface area contributed by atoms with Gasteiger partial charge in [-0.3, -0.25) is 4.79 Å². The van der Waals surface area contributed by atoms with E-state index >= 15 is 0 Å². The minimum Gasteiger partial charge on any atom is -0.334 e. The summed E-state index contributed by atoms with van der Waals surface area (Å²) in [5, 5.41) is 0.735. The Balaban J connectivity index is 2.11. The molecule has 1 amide bonds. The van der Waals surface area contributed by atoms with E-state index in [1.807, 2.05) is 29.2 Å². The van der Waals surface area contributed by atoms with Gasteiger partial charge in [0.25, 0.3) is 0 Å². The summed E-state index contributed by atoms with van der Waals surface area (Å²) in [6, 6.07) is 7.49. The Morgan fingerprint density at radius 1 is 1.50 bits per heavy atom. The minimum absolute atomic E-state index is 0.0702. The van der Waals surface area contributed by atoms with Gasteiger partial charge >= 0.3 is 0 Å². The van der Waals surface area contributed by atoms with Crippen LogP contribution in [-0.4, -0.2) is 23.4 Å². The molecule has 4 heteroatoms. The fourth-order valence-electron chi connectivity index (χ4n) is 2.86. The lowest BCUT2D eigenvalue weighted by molar-refractivity contribution is -0.133. The Hall–Kier alpha value is -1.06. The van der Waals surface area contributed by atoms with Gasteiger partial charge in [-0.1, -0.05) is 49.6 Å². The van der Waals surface area contributed by atoms with E-state index in [9.17, 15) is 4.79 Å². The highest BCUT2D eigenvalue weighted by atomic mass is 35.5. The molecule has 2 N–H and O–H groups in total. The Kier molecular flexibility index (Phi) is 5.44. The molecule has 1 heterocycles. The van der Waals surface area contributed by atoms with E-state index in [0.717, 1.165) is 49.2 Å². The van der Waals surface area contributed by atoms with Gasteiger partial charge in [0.1, 0.15) is 0 Å². The van der Waals surface area contributed by atoms with E-state index < -0.39 is 0 Å². The van der Waals surface area contributed by atoms with E-state index in [1.165, 1.54) is 0 Å². The number of benzene rings is 1. The predicted molar refractivity (Wildman–Crippen MR) is 82.6 cm³/mol. The van der Waals surface area contributed by atoms with Crippen LogP contribution < -0.4 is 5.73 Å². The molecule has 0 aromatic heterocycles. The largest absolute Gasteiger partial charge is 0.334 e. The lowest BCUT2D eigenvalue weighted by Crippen LogP contribution is -2.43. The number of hydrogen-bond acceptors (Lipinski definition) is 2. The van der Waals surface area contributed by atoms with E-state index in [0.29, 0.717) is 0 Å². The molecule has 0 spiro atoms. The maximum atomic E-state index is 12.5. The molecule has 1 aromatic rings. The number of likely N-dealkylation sites (tertiary alicyclic amines) is 1. The lowest BCUT2D eigenvalue weighted by Gasteiger charge is -2.28. The summed E-state index contributed by atoms with van der Waals surface area (Å²) in [7, 11) is 0. The second-order valence-electron chi connectivity index (χ2n) is 5.46. The summed E-state index contributed by atoms with van der Waals surface area (Å²) < 4.78 is 0. The van der Waals surface area contributed by atoms with Crippen LogP contribution in [0.3, 0.4) is 0 Å². The Morgan fingerprint density at radius 2 is 2.25 bits per heavy atom. The molecule has 1 fully saturated rings. The number of hydrogen-bond donors (Lipinski definition) is 1. The smallest absolute Gasteiger partial charge is 0.239 e. The van der Waals surface area contributed by atoms with Crippen molar-refractivity contribution in [1.82, 2.24) is 4.90 Å². The van der Waals surface area contributed by atoms with Gasteiger partial charge in [-0.25, -0.2) is 0 Å². The molecule has 0 radical (unpaired) electrons. The van der Waals surface area contributed by atoms with Gasteiger partial charge < -0.3 is 10.6 Å². The average molecular weight is 295 g/mol. The number of amides is 1. The van der Waals surface area contributed by atoms with Crippen molar-refractivity contribution >= 4 is 17.5 Å². The third-order valence-electron chi connectivity index (χ3n) is 3.99. The second-order valence-corrected chi connectivity index (χ2v) is 5.87. The van der Waals surface area contributed by atoms with Gasteiger partial charge in [-0.15, -0.1) is 0 Å². The van der Waals surface area contributed by atoms with Gasteiger partial charge in [-0.05, 0) is 30.9 Å². The van der Waals surface area contributed by atoms with Crippen molar-refractivity contribution in [3.63, 3.8) is 0 Å². The first-order valence-electron chi connectivity index (χ1n) is 7.45. The summed E-state index contributed by atoms with van der Waals surface area (Å²) in [6.45, 7) is 2.90. The fraction of sp³-hybridized carbons (Fsp3) is 0.562. The van der Waals surface area contributed by atoms with Crippen molar-refractivity contribution < 1.29 is 4.79 Å². The number of carbonyl (C=O) groups excluding carboxylic acids is 1. The standard InChI is InChI=1S/C16H23ClN2O/c1-2-3-9-14(18)16(20)19-11-6-10-15(19)12-7-4-5-8-13(12)17/h4-5,7-8,14-15H,2-3,6,9-11,18H2,1H3. The summed E-state index contributed by atoms with van der Waals surface area (Å²) >= 11 is 6.27. The second kappa shape index (κ2) is 7.09. The molecular weight excluding hydrogens is 272 g/mol. The number of unbranched alkanes of at least 4 members (excludes halogenated alkanes) is 1. The first-order valence-corrected chi connectivity index (χ1v) is 7.83. The van der Waals surface area contributed by atoms with Crippen LogP contribution in [0.25, 0.3) is 0 Å². The van der Waals surface area contributed by atoms with Crippen molar-refractivity contribution in [2.24, 2.45) is 5.73 Å². The number of rotatable bonds is 5. The monoisotopic (exact) mass is 294 g/mol. The molecule has 1 aliphatic rings. The normalized spacial score (nSPS) is 20.1. The molecule has 1 aliphatic heterocycles. The summed E-state index contributed by atoms with van der Waals surface area (Å²) in [6.07, 6.45) is 4.81. The van der Waals surface area contributed by atoms with E-state index in [2.05, 4.69) is 6.92 Å². The van der Waals surface area contributed by atoms with Crippen molar-refractivity contribution in [2.75, 3.05) is 6.54 Å². The van der Waals surface area contributed by atoms with Crippen molar-refractivity contribution in [2.45, 2.75) is 51.1 Å². The first-order chi connectivity index (χ1) is 9.65. The molecule has 20 heavy (non-hydrogen) atoms. The molecule has 3 nitrogen and oxygen atoms in total. The SMILES string of the molecule is CCCCC(N)C(=O)N1CCCC1c1ccccc1Cl. The van der Waals surface area contributed by atoms with Crippen molar-refractivity contribution in [3.05, 3.63) is 34.9 Å². The highest BCUT2D eigenvalue weighted by Crippen LogP contribution is 2.36. The highest BCUT2D eigenvalue weighted by Gasteiger charge is 2.33. The average Bonchev–Trinajstić information content (AvgIpc) is 2.93. The summed E-state index contributed by atoms with van der Waals surface area (Å²) in [5.41, 5.74) is 7.08. The third kappa shape index (κ3) is 3.33. The zero-order chi connectivity index (χ0) is 14.5. The number of nitrogens with two attached hydrogens (primary N) is 1. The first kappa shape index (κ1) is 15.3. The van der Waals surface area contributed by atoms with Crippen LogP contribution in [0.1, 0.15) is 50.6 Å². The third-order valence-corrected chi connectivity index (χ3v) is 4.33. The zero-order valence-electron chi connectivity index (χ0n) is 12.0. The highest BCUT2D eigenvalue weighted by molar-refractivity contribution is 6.31. The van der Waals surface area contributed by atoms with Crippen LogP contribution >= 0.6 is 11.6 Å². The van der Waals surface area contributed by atoms with Crippen LogP contribution in [0.2, 0.25) is 5.02 Å². The molecule has 2 atom stereocenters. The topological polar surface area (TPSA) is 46.3 Å². The van der Waals surface area contributed by atoms with Crippen LogP contribution in [0, 0.1) is 0 Å². The van der Waals surface area contributed by atoms with Crippen LogP contribution in [-0.2, 0) is 4.79 Å². The zero-order valence-corrected chi connectivity index (χ0v) is 12.8. The summed E-state index contributed by atoms with van der Waals surface area (Å²) in [4.78, 5) is 14.4. The quantitative estimate of drug-likeness (QED) is 0.903. The Bertz CT molecular complexity index is 464. The van der Waals surface area contributed by atoms with Crippen LogP contribution in [0.4, 0.5) is 0 Å². The molecule has 0 saturated carbocycles. The van der Waals surface area contributed by atoms with Gasteiger partial charge in [-0.2, -0.15) is 0 Å². The summed E-state index contributed by atoms with van der Waals surface area (Å²) in [5.74, 6) is 0.0702. The minimum atomic E-state index is -0.377.